The first-order chi connectivity index (χ1) is 11.4. The van der Waals surface area contributed by atoms with Gasteiger partial charge in [-0.05, 0) is 0 Å². The quantitative estimate of drug-likeness (QED) is 0.350. The van der Waals surface area contributed by atoms with Crippen molar-refractivity contribution in [1.29, 1.82) is 0 Å². The molecule has 2 aromatic carbocycles. The van der Waals surface area contributed by atoms with Gasteiger partial charge < -0.3 is 10.0 Å². The number of alkyl halides is 2. The van der Waals surface area contributed by atoms with E-state index in [1.165, 1.54) is 0 Å². The van der Waals surface area contributed by atoms with Gasteiger partial charge >= 0.3 is 13.0 Å². The van der Waals surface area contributed by atoms with Gasteiger partial charge in [0.25, 0.3) is 0 Å². The van der Waals surface area contributed by atoms with Crippen LogP contribution < -0.4 is 5.46 Å². The molecule has 0 amide bonds. The summed E-state index contributed by atoms with van der Waals surface area (Å²) >= 11 is 0. The molecule has 0 aromatic heterocycles. The molecule has 0 saturated heterocycles. The molecule has 1 aliphatic rings. The molecule has 0 aliphatic heterocycles. The van der Waals surface area contributed by atoms with Crippen molar-refractivity contribution in [3.05, 3.63) is 51.8 Å². The van der Waals surface area contributed by atoms with Crippen molar-refractivity contribution in [2.24, 2.45) is 0 Å². The zero-order valence-electron chi connectivity index (χ0n) is 11.4. The molecule has 0 bridgehead atoms. The summed E-state index contributed by atoms with van der Waals surface area (Å²) in [7, 11) is -3.15. The van der Waals surface area contributed by atoms with Crippen LogP contribution in [0.25, 0.3) is 11.1 Å². The Kier molecular flexibility index (Phi) is 3.63. The van der Waals surface area contributed by atoms with Crippen LogP contribution in [0.4, 0.5) is 39.5 Å². The van der Waals surface area contributed by atoms with Crippen molar-refractivity contribution in [2.75, 3.05) is 0 Å². The summed E-state index contributed by atoms with van der Waals surface area (Å²) in [5.41, 5.74) is -9.90. The summed E-state index contributed by atoms with van der Waals surface area (Å²) < 4.78 is 124. The maximum atomic E-state index is 14.4. The van der Waals surface area contributed by atoms with E-state index in [9.17, 15) is 39.5 Å². The lowest BCUT2D eigenvalue weighted by atomic mass is 9.74. The van der Waals surface area contributed by atoms with E-state index >= 15 is 0 Å². The van der Waals surface area contributed by atoms with Crippen LogP contribution >= 0.6 is 0 Å². The smallest absolute Gasteiger partial charge is 0.423 e. The lowest BCUT2D eigenvalue weighted by Crippen LogP contribution is -2.40. The minimum absolute atomic E-state index is 1.84. The monoisotopic (exact) mass is 372 g/mol. The second-order valence-corrected chi connectivity index (χ2v) is 5.06. The van der Waals surface area contributed by atoms with Gasteiger partial charge in [-0.1, -0.05) is 0 Å². The SMILES string of the molecule is OB(O)c1c(F)c(F)c(F)c2c1C(F)(F)c1c(F)c(F)c(F)c(F)c1-2. The number of hydrogen-bond donors (Lipinski definition) is 2. The largest absolute Gasteiger partial charge is 0.492 e. The first kappa shape index (κ1) is 17.6. The number of benzene rings is 2. The van der Waals surface area contributed by atoms with E-state index in [0.29, 0.717) is 0 Å². The highest BCUT2D eigenvalue weighted by molar-refractivity contribution is 6.59. The normalized spacial score (nSPS) is 14.5. The van der Waals surface area contributed by atoms with Gasteiger partial charge in [0, 0.05) is 22.2 Å². The molecule has 0 radical (unpaired) electrons. The van der Waals surface area contributed by atoms with Gasteiger partial charge in [-0.25, -0.2) is 30.7 Å². The standard InChI is InChI=1S/C13H2BF9O2/c15-6-1-2-4(8(17)12(21)11(20)7(2)16)13(22,23)3(1)5(14(24)25)9(18)10(6)19/h24-25H. The molecule has 0 spiro atoms. The lowest BCUT2D eigenvalue weighted by molar-refractivity contribution is 0.0432. The molecule has 12 heteroatoms. The third kappa shape index (κ3) is 1.97. The van der Waals surface area contributed by atoms with Crippen molar-refractivity contribution in [2.45, 2.75) is 5.92 Å². The van der Waals surface area contributed by atoms with Gasteiger partial charge in [0.05, 0.1) is 5.56 Å². The van der Waals surface area contributed by atoms with E-state index in [1.54, 1.807) is 0 Å². The molecule has 132 valence electrons. The predicted octanol–water partition coefficient (Wildman–Crippen LogP) is 2.46. The maximum Gasteiger partial charge on any atom is 0.492 e. The molecule has 0 heterocycles. The van der Waals surface area contributed by atoms with Crippen molar-refractivity contribution < 1.29 is 49.6 Å². The van der Waals surface area contributed by atoms with Crippen LogP contribution in [0.2, 0.25) is 0 Å². The molecule has 0 fully saturated rings. The summed E-state index contributed by atoms with van der Waals surface area (Å²) in [5.74, 6) is -22.7. The van der Waals surface area contributed by atoms with Crippen LogP contribution in [0.15, 0.2) is 0 Å². The molecule has 1 aliphatic carbocycles. The van der Waals surface area contributed by atoms with Gasteiger partial charge in [-0.3, -0.25) is 0 Å². The first-order valence-electron chi connectivity index (χ1n) is 6.26. The number of hydrogen-bond acceptors (Lipinski definition) is 2. The molecule has 3 rings (SSSR count). The Morgan fingerprint density at radius 2 is 0.960 bits per heavy atom. The molecule has 0 atom stereocenters. The molecular formula is C13H2BF9O2. The summed E-state index contributed by atoms with van der Waals surface area (Å²) in [4.78, 5) is 0. The predicted molar refractivity (Wildman–Crippen MR) is 64.4 cm³/mol. The van der Waals surface area contributed by atoms with Crippen LogP contribution in [0.1, 0.15) is 11.1 Å². The molecule has 2 N–H and O–H groups in total. The maximum absolute atomic E-state index is 14.4. The molecule has 2 nitrogen and oxygen atoms in total. The van der Waals surface area contributed by atoms with E-state index in [4.69, 9.17) is 10.0 Å². The molecule has 0 saturated carbocycles. The average Bonchev–Trinajstić information content (AvgIpc) is 2.77. The third-order valence-corrected chi connectivity index (χ3v) is 3.76. The van der Waals surface area contributed by atoms with Gasteiger partial charge in [0.15, 0.2) is 40.7 Å². The van der Waals surface area contributed by atoms with Gasteiger partial charge in [0.2, 0.25) is 0 Å². The van der Waals surface area contributed by atoms with Crippen LogP contribution in [0, 0.1) is 40.7 Å². The molecule has 0 unspecified atom stereocenters. The highest BCUT2D eigenvalue weighted by atomic mass is 19.3. The fourth-order valence-electron chi connectivity index (χ4n) is 2.77. The van der Waals surface area contributed by atoms with Crippen LogP contribution in [-0.4, -0.2) is 17.2 Å². The minimum Gasteiger partial charge on any atom is -0.423 e. The van der Waals surface area contributed by atoms with Crippen molar-refractivity contribution in [1.82, 2.24) is 0 Å². The summed E-state index contributed by atoms with van der Waals surface area (Å²) in [6.07, 6.45) is 0. The van der Waals surface area contributed by atoms with E-state index in [2.05, 4.69) is 0 Å². The van der Waals surface area contributed by atoms with Crippen LogP contribution in [0.5, 0.6) is 0 Å². The number of rotatable bonds is 1. The second kappa shape index (κ2) is 5.15. The highest BCUT2D eigenvalue weighted by Gasteiger charge is 2.55. The Balaban J connectivity index is 2.64. The zero-order valence-corrected chi connectivity index (χ0v) is 11.4. The topological polar surface area (TPSA) is 40.5 Å². The Labute approximate surface area is 132 Å². The average molecular weight is 372 g/mol. The van der Waals surface area contributed by atoms with Gasteiger partial charge in [0.1, 0.15) is 0 Å². The summed E-state index contributed by atoms with van der Waals surface area (Å²) in [5, 5.41) is 18.0. The molecular weight excluding hydrogens is 370 g/mol. The summed E-state index contributed by atoms with van der Waals surface area (Å²) in [6, 6.07) is 0. The van der Waals surface area contributed by atoms with Crippen LogP contribution in [0.3, 0.4) is 0 Å². The zero-order chi connectivity index (χ0) is 19.0. The van der Waals surface area contributed by atoms with E-state index < -0.39 is 81.5 Å². The van der Waals surface area contributed by atoms with Gasteiger partial charge in [-0.15, -0.1) is 0 Å². The Morgan fingerprint density at radius 1 is 0.560 bits per heavy atom. The highest BCUT2D eigenvalue weighted by Crippen LogP contribution is 2.54. The fraction of sp³-hybridized carbons (Fsp3) is 0.0769. The lowest BCUT2D eigenvalue weighted by Gasteiger charge is -2.17. The Morgan fingerprint density at radius 3 is 1.44 bits per heavy atom. The Hall–Kier alpha value is -2.21. The van der Waals surface area contributed by atoms with Crippen LogP contribution in [-0.2, 0) is 5.92 Å². The second-order valence-electron chi connectivity index (χ2n) is 5.06. The Bertz CT molecular complexity index is 943. The fourth-order valence-corrected chi connectivity index (χ4v) is 2.77. The van der Waals surface area contributed by atoms with Crippen molar-refractivity contribution in [3.8, 4) is 11.1 Å². The minimum atomic E-state index is -4.92. The molecule has 25 heavy (non-hydrogen) atoms. The number of halogens is 9. The van der Waals surface area contributed by atoms with E-state index in [1.807, 2.05) is 0 Å². The van der Waals surface area contributed by atoms with E-state index in [0.717, 1.165) is 0 Å². The summed E-state index contributed by atoms with van der Waals surface area (Å²) in [6.45, 7) is 0. The molecule has 2 aromatic rings. The van der Waals surface area contributed by atoms with E-state index in [-0.39, 0.29) is 0 Å². The van der Waals surface area contributed by atoms with Crippen molar-refractivity contribution in [3.63, 3.8) is 0 Å². The number of fused-ring (bicyclic) bond motifs is 3. The van der Waals surface area contributed by atoms with Gasteiger partial charge in [-0.2, -0.15) is 8.78 Å². The first-order valence-corrected chi connectivity index (χ1v) is 6.26. The van der Waals surface area contributed by atoms with Crippen molar-refractivity contribution >= 4 is 12.6 Å². The third-order valence-electron chi connectivity index (χ3n) is 3.76.